The van der Waals surface area contributed by atoms with Crippen LogP contribution in [0.3, 0.4) is 0 Å². The Morgan fingerprint density at radius 1 is 1.44 bits per heavy atom. The van der Waals surface area contributed by atoms with Crippen molar-refractivity contribution in [2.75, 3.05) is 25.4 Å². The standard InChI is InChI=1S/C11H16BrClN2S/c1-3-15(4-2)5-6-16-11-10(12)7-9(13)8-14-11/h7-8H,3-6H2,1-2H3. The van der Waals surface area contributed by atoms with Crippen LogP contribution in [0.25, 0.3) is 0 Å². The normalized spacial score (nSPS) is 11.1. The van der Waals surface area contributed by atoms with Crippen LogP contribution >= 0.6 is 39.3 Å². The average molecular weight is 324 g/mol. The maximum absolute atomic E-state index is 5.84. The van der Waals surface area contributed by atoms with Gasteiger partial charge in [0.1, 0.15) is 5.03 Å². The Morgan fingerprint density at radius 3 is 2.69 bits per heavy atom. The number of aromatic nitrogens is 1. The van der Waals surface area contributed by atoms with E-state index in [0.29, 0.717) is 5.02 Å². The van der Waals surface area contributed by atoms with E-state index < -0.39 is 0 Å². The lowest BCUT2D eigenvalue weighted by Gasteiger charge is -2.17. The van der Waals surface area contributed by atoms with Crippen molar-refractivity contribution in [2.45, 2.75) is 18.9 Å². The van der Waals surface area contributed by atoms with Crippen molar-refractivity contribution in [3.63, 3.8) is 0 Å². The number of rotatable bonds is 6. The molecule has 1 aromatic heterocycles. The lowest BCUT2D eigenvalue weighted by Crippen LogP contribution is -2.25. The Labute approximate surface area is 115 Å². The largest absolute Gasteiger partial charge is 0.303 e. The van der Waals surface area contributed by atoms with Gasteiger partial charge >= 0.3 is 0 Å². The summed E-state index contributed by atoms with van der Waals surface area (Å²) in [6.45, 7) is 7.67. The number of hydrogen-bond donors (Lipinski definition) is 0. The van der Waals surface area contributed by atoms with E-state index >= 15 is 0 Å². The minimum absolute atomic E-state index is 0.667. The third-order valence-corrected chi connectivity index (χ3v) is 4.37. The molecule has 0 atom stereocenters. The third kappa shape index (κ3) is 4.62. The van der Waals surface area contributed by atoms with Gasteiger partial charge in [-0.3, -0.25) is 0 Å². The summed E-state index contributed by atoms with van der Waals surface area (Å²) >= 11 is 11.1. The van der Waals surface area contributed by atoms with Crippen molar-refractivity contribution in [2.24, 2.45) is 0 Å². The molecule has 1 aromatic rings. The second-order valence-electron chi connectivity index (χ2n) is 3.32. The van der Waals surface area contributed by atoms with E-state index in [1.54, 1.807) is 18.0 Å². The van der Waals surface area contributed by atoms with Crippen molar-refractivity contribution in [3.05, 3.63) is 21.8 Å². The maximum Gasteiger partial charge on any atom is 0.110 e. The molecule has 0 aromatic carbocycles. The van der Waals surface area contributed by atoms with Crippen LogP contribution in [0.4, 0.5) is 0 Å². The van der Waals surface area contributed by atoms with Crippen LogP contribution in [0.2, 0.25) is 5.02 Å². The summed E-state index contributed by atoms with van der Waals surface area (Å²) in [6.07, 6.45) is 1.69. The molecular weight excluding hydrogens is 308 g/mol. The van der Waals surface area contributed by atoms with Crippen LogP contribution in [0, 0.1) is 0 Å². The molecule has 90 valence electrons. The monoisotopic (exact) mass is 322 g/mol. The average Bonchev–Trinajstić information content (AvgIpc) is 2.27. The molecule has 2 nitrogen and oxygen atoms in total. The molecule has 0 aliphatic rings. The fourth-order valence-electron chi connectivity index (χ4n) is 1.32. The van der Waals surface area contributed by atoms with Crippen LogP contribution in [0.5, 0.6) is 0 Å². The van der Waals surface area contributed by atoms with Gasteiger partial charge in [-0.1, -0.05) is 25.4 Å². The molecule has 0 bridgehead atoms. The summed E-state index contributed by atoms with van der Waals surface area (Å²) < 4.78 is 0.976. The van der Waals surface area contributed by atoms with Crippen LogP contribution in [-0.2, 0) is 0 Å². The van der Waals surface area contributed by atoms with Crippen molar-refractivity contribution < 1.29 is 0 Å². The van der Waals surface area contributed by atoms with E-state index in [1.807, 2.05) is 6.07 Å². The summed E-state index contributed by atoms with van der Waals surface area (Å²) in [5.41, 5.74) is 0. The first-order chi connectivity index (χ1) is 7.67. The second-order valence-corrected chi connectivity index (χ2v) is 5.69. The summed E-state index contributed by atoms with van der Waals surface area (Å²) in [7, 11) is 0. The first-order valence-corrected chi connectivity index (χ1v) is 7.49. The van der Waals surface area contributed by atoms with Gasteiger partial charge in [0, 0.05) is 18.5 Å². The van der Waals surface area contributed by atoms with Crippen LogP contribution in [0.15, 0.2) is 21.8 Å². The van der Waals surface area contributed by atoms with Crippen molar-refractivity contribution in [1.82, 2.24) is 9.88 Å². The van der Waals surface area contributed by atoms with E-state index in [0.717, 1.165) is 34.9 Å². The summed E-state index contributed by atoms with van der Waals surface area (Å²) in [5, 5.41) is 1.68. The smallest absolute Gasteiger partial charge is 0.110 e. The molecule has 0 aliphatic carbocycles. The number of halogens is 2. The Hall–Kier alpha value is 0.230. The number of thioether (sulfide) groups is 1. The van der Waals surface area contributed by atoms with Crippen molar-refractivity contribution in [1.29, 1.82) is 0 Å². The molecule has 0 saturated carbocycles. The highest BCUT2D eigenvalue weighted by Crippen LogP contribution is 2.27. The third-order valence-electron chi connectivity index (χ3n) is 2.31. The lowest BCUT2D eigenvalue weighted by atomic mass is 10.5. The van der Waals surface area contributed by atoms with Crippen molar-refractivity contribution in [3.8, 4) is 0 Å². The Morgan fingerprint density at radius 2 is 2.12 bits per heavy atom. The first kappa shape index (κ1) is 14.3. The minimum atomic E-state index is 0.667. The SMILES string of the molecule is CCN(CC)CCSc1ncc(Cl)cc1Br. The van der Waals surface area contributed by atoms with Gasteiger partial charge in [-0.25, -0.2) is 4.98 Å². The zero-order chi connectivity index (χ0) is 12.0. The van der Waals surface area contributed by atoms with E-state index in [1.165, 1.54) is 0 Å². The van der Waals surface area contributed by atoms with Gasteiger partial charge in [-0.05, 0) is 35.1 Å². The van der Waals surface area contributed by atoms with Gasteiger partial charge in [-0.2, -0.15) is 0 Å². The molecule has 0 saturated heterocycles. The van der Waals surface area contributed by atoms with Gasteiger partial charge in [0.05, 0.1) is 9.50 Å². The molecule has 1 rings (SSSR count). The van der Waals surface area contributed by atoms with Gasteiger partial charge in [0.25, 0.3) is 0 Å². The first-order valence-electron chi connectivity index (χ1n) is 5.33. The van der Waals surface area contributed by atoms with E-state index in [9.17, 15) is 0 Å². The van der Waals surface area contributed by atoms with Crippen LogP contribution < -0.4 is 0 Å². The van der Waals surface area contributed by atoms with Crippen molar-refractivity contribution >= 4 is 39.3 Å². The van der Waals surface area contributed by atoms with Gasteiger partial charge in [0.2, 0.25) is 0 Å². The summed E-state index contributed by atoms with van der Waals surface area (Å²) in [4.78, 5) is 6.69. The molecule has 16 heavy (non-hydrogen) atoms. The highest BCUT2D eigenvalue weighted by atomic mass is 79.9. The molecule has 0 amide bonds. The highest BCUT2D eigenvalue weighted by molar-refractivity contribution is 9.10. The Balaban J connectivity index is 2.42. The minimum Gasteiger partial charge on any atom is -0.303 e. The van der Waals surface area contributed by atoms with E-state index in [4.69, 9.17) is 11.6 Å². The zero-order valence-corrected chi connectivity index (χ0v) is 12.7. The highest BCUT2D eigenvalue weighted by Gasteiger charge is 2.04. The summed E-state index contributed by atoms with van der Waals surface area (Å²) in [6, 6.07) is 1.88. The summed E-state index contributed by atoms with van der Waals surface area (Å²) in [5.74, 6) is 1.05. The van der Waals surface area contributed by atoms with Crippen LogP contribution in [-0.4, -0.2) is 35.3 Å². The Kier molecular flexibility index (Phi) is 6.73. The van der Waals surface area contributed by atoms with Gasteiger partial charge in [0.15, 0.2) is 0 Å². The molecule has 0 N–H and O–H groups in total. The van der Waals surface area contributed by atoms with E-state index in [2.05, 4.69) is 39.7 Å². The predicted molar refractivity (Wildman–Crippen MR) is 75.5 cm³/mol. The number of pyridine rings is 1. The number of hydrogen-bond acceptors (Lipinski definition) is 3. The van der Waals surface area contributed by atoms with Crippen LogP contribution in [0.1, 0.15) is 13.8 Å². The molecule has 5 heteroatoms. The molecule has 1 heterocycles. The Bertz CT molecular complexity index is 332. The maximum atomic E-state index is 5.84. The van der Waals surface area contributed by atoms with Gasteiger partial charge in [-0.15, -0.1) is 11.8 Å². The molecule has 0 unspecified atom stereocenters. The predicted octanol–water partition coefficient (Wildman–Crippen LogP) is 3.93. The lowest BCUT2D eigenvalue weighted by molar-refractivity contribution is 0.324. The fourth-order valence-corrected chi connectivity index (χ4v) is 3.17. The number of nitrogens with zero attached hydrogens (tertiary/aromatic N) is 2. The molecule has 0 aliphatic heterocycles. The van der Waals surface area contributed by atoms with E-state index in [-0.39, 0.29) is 0 Å². The fraction of sp³-hybridized carbons (Fsp3) is 0.545. The topological polar surface area (TPSA) is 16.1 Å². The molecule has 0 fully saturated rings. The molecular formula is C11H16BrClN2S. The second kappa shape index (κ2) is 7.54. The quantitative estimate of drug-likeness (QED) is 0.738. The van der Waals surface area contributed by atoms with Gasteiger partial charge < -0.3 is 4.90 Å². The molecule has 0 spiro atoms. The molecule has 0 radical (unpaired) electrons. The zero-order valence-electron chi connectivity index (χ0n) is 9.54.